The minimum absolute atomic E-state index is 0.676. The van der Waals surface area contributed by atoms with Gasteiger partial charge in [0, 0.05) is 45.0 Å². The van der Waals surface area contributed by atoms with Crippen LogP contribution >= 0.6 is 0 Å². The van der Waals surface area contributed by atoms with E-state index in [0.717, 1.165) is 12.6 Å². The number of nitrogens with one attached hydrogen (secondary N) is 1. The van der Waals surface area contributed by atoms with Crippen LogP contribution in [0.25, 0.3) is 0 Å². The van der Waals surface area contributed by atoms with E-state index in [0.29, 0.717) is 6.04 Å². The van der Waals surface area contributed by atoms with Gasteiger partial charge in [-0.25, -0.2) is 0 Å². The summed E-state index contributed by atoms with van der Waals surface area (Å²) in [4.78, 5) is 2.64. The fourth-order valence-corrected chi connectivity index (χ4v) is 2.55. The second kappa shape index (κ2) is 4.18. The second-order valence-corrected chi connectivity index (χ2v) is 5.04. The van der Waals surface area contributed by atoms with Gasteiger partial charge in [0.25, 0.3) is 0 Å². The molecule has 16 heavy (non-hydrogen) atoms. The second-order valence-electron chi connectivity index (χ2n) is 5.04. The number of likely N-dealkylation sites (tertiary alicyclic amines) is 1. The minimum atomic E-state index is 0.676. The van der Waals surface area contributed by atoms with Crippen LogP contribution in [0.3, 0.4) is 0 Å². The van der Waals surface area contributed by atoms with Crippen molar-refractivity contribution in [3.05, 3.63) is 18.0 Å². The summed E-state index contributed by atoms with van der Waals surface area (Å²) in [7, 11) is 2.00. The third-order valence-corrected chi connectivity index (χ3v) is 3.78. The van der Waals surface area contributed by atoms with Gasteiger partial charge in [-0.1, -0.05) is 0 Å². The van der Waals surface area contributed by atoms with Crippen molar-refractivity contribution in [2.45, 2.75) is 37.9 Å². The van der Waals surface area contributed by atoms with E-state index in [9.17, 15) is 0 Å². The summed E-state index contributed by atoms with van der Waals surface area (Å²) in [6, 6.07) is 3.68. The van der Waals surface area contributed by atoms with Crippen LogP contribution in [0.4, 0.5) is 0 Å². The highest BCUT2D eigenvalue weighted by Crippen LogP contribution is 2.29. The van der Waals surface area contributed by atoms with E-state index in [4.69, 9.17) is 0 Å². The van der Waals surface area contributed by atoms with E-state index in [1.165, 1.54) is 38.0 Å². The first-order valence-corrected chi connectivity index (χ1v) is 6.27. The number of aromatic nitrogens is 2. The van der Waals surface area contributed by atoms with E-state index in [-0.39, 0.29) is 0 Å². The van der Waals surface area contributed by atoms with Gasteiger partial charge in [0.1, 0.15) is 0 Å². The molecule has 2 aliphatic rings. The average molecular weight is 220 g/mol. The normalized spacial score (nSPS) is 26.4. The quantitative estimate of drug-likeness (QED) is 0.812. The summed E-state index contributed by atoms with van der Waals surface area (Å²) < 4.78 is 1.95. The first-order chi connectivity index (χ1) is 7.83. The Balaban J connectivity index is 1.47. The minimum Gasteiger partial charge on any atom is -0.307 e. The van der Waals surface area contributed by atoms with Crippen LogP contribution in [0.2, 0.25) is 0 Å². The molecule has 1 N–H and O–H groups in total. The molecule has 1 aliphatic heterocycles. The molecule has 0 amide bonds. The summed E-state index contributed by atoms with van der Waals surface area (Å²) in [5.74, 6) is 0. The lowest BCUT2D eigenvalue weighted by Crippen LogP contribution is -2.33. The number of hydrogen-bond donors (Lipinski definition) is 1. The van der Waals surface area contributed by atoms with Crippen LogP contribution in [0.5, 0.6) is 0 Å². The summed E-state index contributed by atoms with van der Waals surface area (Å²) in [6.07, 6.45) is 6.01. The lowest BCUT2D eigenvalue weighted by molar-refractivity contribution is 0.317. The van der Waals surface area contributed by atoms with Crippen LogP contribution in [0.15, 0.2) is 12.3 Å². The summed E-state index contributed by atoms with van der Waals surface area (Å²) >= 11 is 0. The molecule has 4 heteroatoms. The molecule has 3 rings (SSSR count). The molecule has 1 aromatic heterocycles. The van der Waals surface area contributed by atoms with E-state index >= 15 is 0 Å². The van der Waals surface area contributed by atoms with Crippen LogP contribution < -0.4 is 5.32 Å². The van der Waals surface area contributed by atoms with Crippen molar-refractivity contribution in [2.24, 2.45) is 7.05 Å². The van der Waals surface area contributed by atoms with Crippen molar-refractivity contribution >= 4 is 0 Å². The van der Waals surface area contributed by atoms with Gasteiger partial charge in [-0.2, -0.15) is 5.10 Å². The number of nitrogens with zero attached hydrogens (tertiary/aromatic N) is 3. The Morgan fingerprint density at radius 1 is 1.44 bits per heavy atom. The lowest BCUT2D eigenvalue weighted by atomic mass is 10.2. The number of rotatable bonds is 4. The molecular formula is C12H20N4. The first-order valence-electron chi connectivity index (χ1n) is 6.27. The van der Waals surface area contributed by atoms with Gasteiger partial charge in [-0.05, 0) is 25.3 Å². The Kier molecular flexibility index (Phi) is 2.69. The topological polar surface area (TPSA) is 33.1 Å². The van der Waals surface area contributed by atoms with Gasteiger partial charge in [-0.15, -0.1) is 0 Å². The molecule has 1 atom stereocenters. The molecule has 1 saturated heterocycles. The van der Waals surface area contributed by atoms with Crippen molar-refractivity contribution in [1.82, 2.24) is 20.0 Å². The molecule has 88 valence electrons. The van der Waals surface area contributed by atoms with E-state index in [1.54, 1.807) is 0 Å². The molecule has 2 heterocycles. The van der Waals surface area contributed by atoms with Gasteiger partial charge < -0.3 is 5.32 Å². The van der Waals surface area contributed by atoms with E-state index in [1.807, 2.05) is 17.9 Å². The number of aryl methyl sites for hydroxylation is 1. The first kappa shape index (κ1) is 10.3. The average Bonchev–Trinajstić information content (AvgIpc) is 2.89. The smallest absolute Gasteiger partial charge is 0.0518 e. The maximum Gasteiger partial charge on any atom is 0.0518 e. The highest BCUT2D eigenvalue weighted by atomic mass is 15.3. The molecule has 0 bridgehead atoms. The van der Waals surface area contributed by atoms with Crippen LogP contribution in [-0.4, -0.2) is 39.9 Å². The Morgan fingerprint density at radius 2 is 2.31 bits per heavy atom. The monoisotopic (exact) mass is 220 g/mol. The molecule has 0 aromatic carbocycles. The molecule has 1 unspecified atom stereocenters. The molecular weight excluding hydrogens is 200 g/mol. The Labute approximate surface area is 96.6 Å². The third-order valence-electron chi connectivity index (χ3n) is 3.78. The fraction of sp³-hybridized carbons (Fsp3) is 0.750. The van der Waals surface area contributed by atoms with Crippen LogP contribution in [0, 0.1) is 0 Å². The summed E-state index contributed by atoms with van der Waals surface area (Å²) in [5.41, 5.74) is 1.27. The van der Waals surface area contributed by atoms with Crippen LogP contribution in [-0.2, 0) is 13.6 Å². The van der Waals surface area contributed by atoms with Crippen molar-refractivity contribution in [2.75, 3.05) is 13.1 Å². The molecule has 1 aromatic rings. The zero-order valence-electron chi connectivity index (χ0n) is 9.89. The Hall–Kier alpha value is -0.870. The molecule has 0 spiro atoms. The Morgan fingerprint density at radius 3 is 3.00 bits per heavy atom. The molecule has 4 nitrogen and oxygen atoms in total. The highest BCUT2D eigenvalue weighted by Gasteiger charge is 2.34. The molecule has 0 radical (unpaired) electrons. The number of hydrogen-bond acceptors (Lipinski definition) is 3. The van der Waals surface area contributed by atoms with Crippen LogP contribution in [0.1, 0.15) is 25.0 Å². The standard InChI is InChI=1S/C12H20N4/c1-15-12(4-6-14-15)8-13-10-5-7-16(9-10)11-2-3-11/h4,6,10-11,13H,2-3,5,7-9H2,1H3. The largest absolute Gasteiger partial charge is 0.307 e. The fourth-order valence-electron chi connectivity index (χ4n) is 2.55. The predicted octanol–water partition coefficient (Wildman–Crippen LogP) is 0.746. The van der Waals surface area contributed by atoms with Gasteiger partial charge in [0.15, 0.2) is 0 Å². The summed E-state index contributed by atoms with van der Waals surface area (Å²) in [6.45, 7) is 3.47. The van der Waals surface area contributed by atoms with Gasteiger partial charge in [0.2, 0.25) is 0 Å². The predicted molar refractivity (Wildman–Crippen MR) is 63.0 cm³/mol. The van der Waals surface area contributed by atoms with Crippen molar-refractivity contribution in [1.29, 1.82) is 0 Å². The van der Waals surface area contributed by atoms with Gasteiger partial charge in [0.05, 0.1) is 5.69 Å². The zero-order valence-corrected chi connectivity index (χ0v) is 9.89. The molecule has 2 fully saturated rings. The molecule has 1 aliphatic carbocycles. The lowest BCUT2D eigenvalue weighted by Gasteiger charge is -2.15. The van der Waals surface area contributed by atoms with E-state index in [2.05, 4.69) is 21.4 Å². The summed E-state index contributed by atoms with van der Waals surface area (Å²) in [5, 5.41) is 7.82. The zero-order chi connectivity index (χ0) is 11.0. The van der Waals surface area contributed by atoms with Crippen molar-refractivity contribution in [3.8, 4) is 0 Å². The Bertz CT molecular complexity index is 356. The third kappa shape index (κ3) is 2.13. The van der Waals surface area contributed by atoms with Crippen molar-refractivity contribution in [3.63, 3.8) is 0 Å². The van der Waals surface area contributed by atoms with Gasteiger partial charge >= 0.3 is 0 Å². The van der Waals surface area contributed by atoms with Crippen molar-refractivity contribution < 1.29 is 0 Å². The maximum atomic E-state index is 4.18. The van der Waals surface area contributed by atoms with Gasteiger partial charge in [-0.3, -0.25) is 9.58 Å². The molecule has 1 saturated carbocycles. The highest BCUT2D eigenvalue weighted by molar-refractivity contribution is 5.00. The SMILES string of the molecule is Cn1nccc1CNC1CCN(C2CC2)C1. The maximum absolute atomic E-state index is 4.18. The van der Waals surface area contributed by atoms with E-state index < -0.39 is 0 Å².